The molecule has 0 radical (unpaired) electrons. The van der Waals surface area contributed by atoms with Crippen LogP contribution in [0.3, 0.4) is 0 Å². The molecule has 5 N–H and O–H groups in total. The van der Waals surface area contributed by atoms with Crippen molar-refractivity contribution >= 4 is 17.3 Å². The molecule has 0 aromatic heterocycles. The minimum Gasteiger partial charge on any atom is -0.396 e. The molecule has 1 amide bonds. The Morgan fingerprint density at radius 2 is 2.06 bits per heavy atom. The maximum atomic E-state index is 11.2. The monoisotopic (exact) mass is 235 g/mol. The first-order chi connectivity index (χ1) is 7.97. The standard InChI is InChI=1S/C13H21N3O/c1-4-10(8(2)3)16-11-7-5-6-9(12(11)14)13(15)17/h5-8,10,16H,4,14H2,1-3H3,(H2,15,17). The molecule has 0 saturated heterocycles. The number of nitrogens with two attached hydrogens (primary N) is 2. The van der Waals surface area contributed by atoms with E-state index in [1.165, 1.54) is 0 Å². The van der Waals surface area contributed by atoms with Crippen LogP contribution in [0.1, 0.15) is 37.6 Å². The molecule has 0 bridgehead atoms. The molecule has 94 valence electrons. The Bertz CT molecular complexity index is 402. The molecule has 1 aromatic carbocycles. The van der Waals surface area contributed by atoms with E-state index in [2.05, 4.69) is 26.1 Å². The smallest absolute Gasteiger partial charge is 0.250 e. The zero-order chi connectivity index (χ0) is 13.0. The lowest BCUT2D eigenvalue weighted by Crippen LogP contribution is -2.25. The first kappa shape index (κ1) is 13.4. The number of hydrogen-bond donors (Lipinski definition) is 3. The number of carbonyl (C=O) groups is 1. The van der Waals surface area contributed by atoms with Gasteiger partial charge in [0.15, 0.2) is 0 Å². The molecule has 0 saturated carbocycles. The van der Waals surface area contributed by atoms with Gasteiger partial charge in [-0.1, -0.05) is 26.8 Å². The molecular formula is C13H21N3O. The number of para-hydroxylation sites is 1. The quantitative estimate of drug-likeness (QED) is 0.684. The normalized spacial score (nSPS) is 12.5. The largest absolute Gasteiger partial charge is 0.396 e. The minimum absolute atomic E-state index is 0.334. The molecular weight excluding hydrogens is 214 g/mol. The number of benzene rings is 1. The SMILES string of the molecule is CCC(Nc1cccc(C(N)=O)c1N)C(C)C. The fourth-order valence-corrected chi connectivity index (χ4v) is 1.85. The minimum atomic E-state index is -0.497. The summed E-state index contributed by atoms with van der Waals surface area (Å²) in [4.78, 5) is 11.2. The van der Waals surface area contributed by atoms with Crippen LogP contribution >= 0.6 is 0 Å². The van der Waals surface area contributed by atoms with Crippen LogP contribution in [0.4, 0.5) is 11.4 Å². The number of amides is 1. The summed E-state index contributed by atoms with van der Waals surface area (Å²) in [5, 5.41) is 3.36. The molecule has 1 unspecified atom stereocenters. The van der Waals surface area contributed by atoms with Crippen LogP contribution in [0.15, 0.2) is 18.2 Å². The fraction of sp³-hybridized carbons (Fsp3) is 0.462. The average molecular weight is 235 g/mol. The van der Waals surface area contributed by atoms with Gasteiger partial charge in [-0.3, -0.25) is 4.79 Å². The molecule has 1 atom stereocenters. The highest BCUT2D eigenvalue weighted by Crippen LogP contribution is 2.25. The number of nitrogen functional groups attached to an aromatic ring is 1. The lowest BCUT2D eigenvalue weighted by atomic mass is 10.0. The van der Waals surface area contributed by atoms with Gasteiger partial charge in [0.25, 0.3) is 5.91 Å². The van der Waals surface area contributed by atoms with E-state index in [9.17, 15) is 4.79 Å². The van der Waals surface area contributed by atoms with Crippen molar-refractivity contribution in [3.63, 3.8) is 0 Å². The Hall–Kier alpha value is -1.71. The van der Waals surface area contributed by atoms with Crippen LogP contribution < -0.4 is 16.8 Å². The van der Waals surface area contributed by atoms with Crippen LogP contribution in [0.2, 0.25) is 0 Å². The van der Waals surface area contributed by atoms with Gasteiger partial charge in [-0.05, 0) is 24.5 Å². The lowest BCUT2D eigenvalue weighted by Gasteiger charge is -2.23. The second-order valence-corrected chi connectivity index (χ2v) is 4.53. The number of carbonyl (C=O) groups excluding carboxylic acids is 1. The highest BCUT2D eigenvalue weighted by molar-refractivity contribution is 6.00. The number of nitrogens with one attached hydrogen (secondary N) is 1. The maximum Gasteiger partial charge on any atom is 0.250 e. The Kier molecular flexibility index (Phi) is 4.37. The summed E-state index contributed by atoms with van der Waals surface area (Å²) in [6.45, 7) is 6.41. The van der Waals surface area contributed by atoms with Gasteiger partial charge in [-0.15, -0.1) is 0 Å². The van der Waals surface area contributed by atoms with E-state index >= 15 is 0 Å². The van der Waals surface area contributed by atoms with Crippen molar-refractivity contribution in [2.24, 2.45) is 11.7 Å². The van der Waals surface area contributed by atoms with Crippen LogP contribution in [0.25, 0.3) is 0 Å². The number of rotatable bonds is 5. The van der Waals surface area contributed by atoms with E-state index in [1.54, 1.807) is 12.1 Å². The van der Waals surface area contributed by atoms with E-state index in [0.29, 0.717) is 23.2 Å². The highest BCUT2D eigenvalue weighted by Gasteiger charge is 2.14. The molecule has 4 nitrogen and oxygen atoms in total. The third-order valence-electron chi connectivity index (χ3n) is 2.96. The van der Waals surface area contributed by atoms with Crippen LogP contribution in [0.5, 0.6) is 0 Å². The molecule has 0 fully saturated rings. The van der Waals surface area contributed by atoms with Gasteiger partial charge >= 0.3 is 0 Å². The Morgan fingerprint density at radius 3 is 2.53 bits per heavy atom. The second kappa shape index (κ2) is 5.57. The highest BCUT2D eigenvalue weighted by atomic mass is 16.1. The summed E-state index contributed by atoms with van der Waals surface area (Å²) in [5.41, 5.74) is 12.8. The average Bonchev–Trinajstić information content (AvgIpc) is 2.26. The molecule has 0 aliphatic heterocycles. The first-order valence-corrected chi connectivity index (χ1v) is 5.92. The van der Waals surface area contributed by atoms with Crippen LogP contribution in [-0.2, 0) is 0 Å². The van der Waals surface area contributed by atoms with Gasteiger partial charge in [0.2, 0.25) is 0 Å². The van der Waals surface area contributed by atoms with E-state index in [-0.39, 0.29) is 0 Å². The van der Waals surface area contributed by atoms with Crippen molar-refractivity contribution in [3.8, 4) is 0 Å². The summed E-state index contributed by atoms with van der Waals surface area (Å²) in [5.74, 6) is 0.000351. The predicted molar refractivity (Wildman–Crippen MR) is 71.9 cm³/mol. The van der Waals surface area contributed by atoms with Gasteiger partial charge in [0.05, 0.1) is 16.9 Å². The summed E-state index contributed by atoms with van der Waals surface area (Å²) >= 11 is 0. The molecule has 0 spiro atoms. The van der Waals surface area contributed by atoms with Crippen molar-refractivity contribution < 1.29 is 4.79 Å². The number of primary amides is 1. The number of hydrogen-bond acceptors (Lipinski definition) is 3. The molecule has 1 rings (SSSR count). The van der Waals surface area contributed by atoms with Gasteiger partial charge in [0.1, 0.15) is 0 Å². The van der Waals surface area contributed by atoms with Gasteiger partial charge in [0, 0.05) is 6.04 Å². The third-order valence-corrected chi connectivity index (χ3v) is 2.96. The van der Waals surface area contributed by atoms with E-state index in [1.807, 2.05) is 6.07 Å². The summed E-state index contributed by atoms with van der Waals surface area (Å²) in [7, 11) is 0. The third kappa shape index (κ3) is 3.12. The fourth-order valence-electron chi connectivity index (χ4n) is 1.85. The summed E-state index contributed by atoms with van der Waals surface area (Å²) < 4.78 is 0. The zero-order valence-corrected chi connectivity index (χ0v) is 10.7. The van der Waals surface area contributed by atoms with Crippen LogP contribution in [0, 0.1) is 5.92 Å². The van der Waals surface area contributed by atoms with Gasteiger partial charge < -0.3 is 16.8 Å². The van der Waals surface area contributed by atoms with Crippen LogP contribution in [-0.4, -0.2) is 11.9 Å². The van der Waals surface area contributed by atoms with Crippen molar-refractivity contribution in [1.82, 2.24) is 0 Å². The lowest BCUT2D eigenvalue weighted by molar-refractivity contribution is 0.100. The van der Waals surface area contributed by atoms with E-state index in [0.717, 1.165) is 12.1 Å². The molecule has 4 heteroatoms. The van der Waals surface area contributed by atoms with E-state index < -0.39 is 5.91 Å². The van der Waals surface area contributed by atoms with Gasteiger partial charge in [-0.2, -0.15) is 0 Å². The van der Waals surface area contributed by atoms with Gasteiger partial charge in [-0.25, -0.2) is 0 Å². The Labute approximate surface area is 102 Å². The predicted octanol–water partition coefficient (Wildman–Crippen LogP) is 2.21. The molecule has 0 aliphatic rings. The number of anilines is 2. The zero-order valence-electron chi connectivity index (χ0n) is 10.7. The molecule has 0 aliphatic carbocycles. The Morgan fingerprint density at radius 1 is 1.41 bits per heavy atom. The molecule has 1 aromatic rings. The summed E-state index contributed by atoms with van der Waals surface area (Å²) in [6, 6.07) is 5.62. The topological polar surface area (TPSA) is 81.1 Å². The maximum absolute atomic E-state index is 11.2. The van der Waals surface area contributed by atoms with Crippen molar-refractivity contribution in [3.05, 3.63) is 23.8 Å². The first-order valence-electron chi connectivity index (χ1n) is 5.92. The molecule has 17 heavy (non-hydrogen) atoms. The van der Waals surface area contributed by atoms with Crippen molar-refractivity contribution in [2.45, 2.75) is 33.2 Å². The Balaban J connectivity index is 2.99. The van der Waals surface area contributed by atoms with E-state index in [4.69, 9.17) is 11.5 Å². The summed E-state index contributed by atoms with van der Waals surface area (Å²) in [6.07, 6.45) is 0.998. The van der Waals surface area contributed by atoms with Crippen molar-refractivity contribution in [1.29, 1.82) is 0 Å². The molecule has 0 heterocycles. The second-order valence-electron chi connectivity index (χ2n) is 4.53. The van der Waals surface area contributed by atoms with Crippen molar-refractivity contribution in [2.75, 3.05) is 11.1 Å².